The Morgan fingerprint density at radius 2 is 1.71 bits per heavy atom. The number of carbonyl (C=O) groups excluding carboxylic acids is 1. The van der Waals surface area contributed by atoms with E-state index < -0.39 is 0 Å². The van der Waals surface area contributed by atoms with Crippen LogP contribution in [0.5, 0.6) is 0 Å². The predicted molar refractivity (Wildman–Crippen MR) is 115 cm³/mol. The van der Waals surface area contributed by atoms with Crippen molar-refractivity contribution in [3.05, 3.63) is 78.4 Å². The van der Waals surface area contributed by atoms with Gasteiger partial charge in [0.25, 0.3) is 0 Å². The van der Waals surface area contributed by atoms with Crippen molar-refractivity contribution < 1.29 is 4.79 Å². The van der Waals surface area contributed by atoms with E-state index in [4.69, 9.17) is 5.73 Å². The summed E-state index contributed by atoms with van der Waals surface area (Å²) in [7, 11) is 0. The van der Waals surface area contributed by atoms with E-state index in [1.165, 1.54) is 5.56 Å². The number of likely N-dealkylation sites (tertiary alicyclic amines) is 1. The molecule has 0 aromatic heterocycles. The average molecular weight is 374 g/mol. The number of rotatable bonds is 6. The molecule has 0 bridgehead atoms. The van der Waals surface area contributed by atoms with Crippen LogP contribution in [0.3, 0.4) is 0 Å². The zero-order valence-electron chi connectivity index (χ0n) is 16.1. The SMILES string of the molecule is NC[C@@H]1CN(CCC(=O)Nc2cccc3ccccc23)C[C@H]1c1ccccc1. The molecule has 1 aliphatic rings. The van der Waals surface area contributed by atoms with E-state index in [-0.39, 0.29) is 5.91 Å². The molecule has 144 valence electrons. The Hall–Kier alpha value is -2.69. The van der Waals surface area contributed by atoms with E-state index >= 15 is 0 Å². The molecule has 2 atom stereocenters. The van der Waals surface area contributed by atoms with Crippen LogP contribution in [-0.2, 0) is 4.79 Å². The molecule has 4 rings (SSSR count). The van der Waals surface area contributed by atoms with E-state index in [1.807, 2.05) is 36.4 Å². The molecule has 0 saturated carbocycles. The van der Waals surface area contributed by atoms with Crippen molar-refractivity contribution in [1.29, 1.82) is 0 Å². The lowest BCUT2D eigenvalue weighted by molar-refractivity contribution is -0.116. The maximum absolute atomic E-state index is 12.6. The zero-order chi connectivity index (χ0) is 19.3. The van der Waals surface area contributed by atoms with Crippen LogP contribution in [0, 0.1) is 5.92 Å². The van der Waals surface area contributed by atoms with Crippen LogP contribution in [0.2, 0.25) is 0 Å². The van der Waals surface area contributed by atoms with Crippen molar-refractivity contribution in [3.8, 4) is 0 Å². The molecule has 0 spiro atoms. The van der Waals surface area contributed by atoms with Gasteiger partial charge in [-0.05, 0) is 29.5 Å². The number of hydrogen-bond donors (Lipinski definition) is 2. The van der Waals surface area contributed by atoms with Crippen LogP contribution >= 0.6 is 0 Å². The molecule has 3 N–H and O–H groups in total. The van der Waals surface area contributed by atoms with Gasteiger partial charge in [-0.3, -0.25) is 4.79 Å². The highest BCUT2D eigenvalue weighted by atomic mass is 16.1. The number of nitrogens with zero attached hydrogens (tertiary/aromatic N) is 1. The van der Waals surface area contributed by atoms with Crippen LogP contribution < -0.4 is 11.1 Å². The van der Waals surface area contributed by atoms with Crippen molar-refractivity contribution in [2.75, 3.05) is 31.5 Å². The van der Waals surface area contributed by atoms with Gasteiger partial charge in [-0.2, -0.15) is 0 Å². The number of hydrogen-bond acceptors (Lipinski definition) is 3. The summed E-state index contributed by atoms with van der Waals surface area (Å²) in [5.74, 6) is 0.958. The van der Waals surface area contributed by atoms with E-state index in [2.05, 4.69) is 46.6 Å². The highest BCUT2D eigenvalue weighted by Crippen LogP contribution is 2.32. The summed E-state index contributed by atoms with van der Waals surface area (Å²) in [6.45, 7) is 3.36. The molecule has 3 aromatic carbocycles. The molecule has 1 amide bonds. The molecule has 0 unspecified atom stereocenters. The number of amides is 1. The lowest BCUT2D eigenvalue weighted by atomic mass is 9.89. The molecule has 0 radical (unpaired) electrons. The number of anilines is 1. The van der Waals surface area contributed by atoms with E-state index in [9.17, 15) is 4.79 Å². The minimum Gasteiger partial charge on any atom is -0.330 e. The summed E-state index contributed by atoms with van der Waals surface area (Å²) in [6, 6.07) is 24.7. The van der Waals surface area contributed by atoms with Gasteiger partial charge in [0.1, 0.15) is 0 Å². The Balaban J connectivity index is 1.36. The Bertz CT molecular complexity index is 935. The highest BCUT2D eigenvalue weighted by molar-refractivity contribution is 6.02. The van der Waals surface area contributed by atoms with Crippen molar-refractivity contribution in [3.63, 3.8) is 0 Å². The second kappa shape index (κ2) is 8.55. The highest BCUT2D eigenvalue weighted by Gasteiger charge is 2.32. The fourth-order valence-corrected chi connectivity index (χ4v) is 4.27. The van der Waals surface area contributed by atoms with E-state index in [1.54, 1.807) is 0 Å². The van der Waals surface area contributed by atoms with Crippen LogP contribution in [-0.4, -0.2) is 37.0 Å². The maximum atomic E-state index is 12.6. The number of nitrogens with two attached hydrogens (primary N) is 1. The van der Waals surface area contributed by atoms with Gasteiger partial charge in [-0.25, -0.2) is 0 Å². The number of fused-ring (bicyclic) bond motifs is 1. The molecule has 3 aromatic rings. The molecule has 1 heterocycles. The second-order valence-electron chi connectivity index (χ2n) is 7.60. The van der Waals surface area contributed by atoms with Crippen molar-refractivity contribution in [2.24, 2.45) is 11.7 Å². The first kappa shape index (κ1) is 18.7. The third-order valence-corrected chi connectivity index (χ3v) is 5.77. The topological polar surface area (TPSA) is 58.4 Å². The van der Waals surface area contributed by atoms with Crippen LogP contribution in [0.25, 0.3) is 10.8 Å². The summed E-state index contributed by atoms with van der Waals surface area (Å²) >= 11 is 0. The van der Waals surface area contributed by atoms with E-state index in [0.29, 0.717) is 24.8 Å². The maximum Gasteiger partial charge on any atom is 0.225 e. The van der Waals surface area contributed by atoms with E-state index in [0.717, 1.165) is 36.1 Å². The largest absolute Gasteiger partial charge is 0.330 e. The number of nitrogens with one attached hydrogen (secondary N) is 1. The minimum absolute atomic E-state index is 0.0591. The second-order valence-corrected chi connectivity index (χ2v) is 7.60. The molecule has 0 aliphatic carbocycles. The molecular weight excluding hydrogens is 346 g/mol. The Morgan fingerprint density at radius 1 is 0.964 bits per heavy atom. The smallest absolute Gasteiger partial charge is 0.225 e. The molecule has 4 nitrogen and oxygen atoms in total. The summed E-state index contributed by atoms with van der Waals surface area (Å²) in [5.41, 5.74) is 8.26. The average Bonchev–Trinajstić information content (AvgIpc) is 3.17. The quantitative estimate of drug-likeness (QED) is 0.690. The Labute approximate surface area is 166 Å². The predicted octanol–water partition coefficient (Wildman–Crippen LogP) is 3.84. The summed E-state index contributed by atoms with van der Waals surface area (Å²) in [4.78, 5) is 14.9. The van der Waals surface area contributed by atoms with Crippen molar-refractivity contribution in [1.82, 2.24) is 4.90 Å². The number of benzene rings is 3. The van der Waals surface area contributed by atoms with Gasteiger partial charge in [-0.1, -0.05) is 66.7 Å². The van der Waals surface area contributed by atoms with Crippen molar-refractivity contribution in [2.45, 2.75) is 12.3 Å². The van der Waals surface area contributed by atoms with Gasteiger partial charge < -0.3 is 16.0 Å². The summed E-state index contributed by atoms with van der Waals surface area (Å²) in [6.07, 6.45) is 0.488. The van der Waals surface area contributed by atoms with Gasteiger partial charge in [0.2, 0.25) is 5.91 Å². The minimum atomic E-state index is 0.0591. The first-order valence-electron chi connectivity index (χ1n) is 9.99. The van der Waals surface area contributed by atoms with Crippen LogP contribution in [0.1, 0.15) is 17.9 Å². The third-order valence-electron chi connectivity index (χ3n) is 5.77. The van der Waals surface area contributed by atoms with Gasteiger partial charge in [-0.15, -0.1) is 0 Å². The van der Waals surface area contributed by atoms with Gasteiger partial charge in [0, 0.05) is 43.0 Å². The standard InChI is InChI=1S/C24H27N3O/c25-15-20-16-27(17-22(20)19-7-2-1-3-8-19)14-13-24(28)26-23-12-6-10-18-9-4-5-11-21(18)23/h1-12,20,22H,13-17,25H2,(H,26,28)/t20-,22+/m1/s1. The molecular formula is C24H27N3O. The molecule has 28 heavy (non-hydrogen) atoms. The Morgan fingerprint density at radius 3 is 2.54 bits per heavy atom. The Kier molecular flexibility index (Phi) is 5.70. The molecule has 4 heteroatoms. The normalized spacial score (nSPS) is 19.8. The molecule has 1 aliphatic heterocycles. The van der Waals surface area contributed by atoms with Crippen LogP contribution in [0.15, 0.2) is 72.8 Å². The lowest BCUT2D eigenvalue weighted by Gasteiger charge is -2.17. The lowest BCUT2D eigenvalue weighted by Crippen LogP contribution is -2.27. The van der Waals surface area contributed by atoms with Gasteiger partial charge in [0.05, 0.1) is 0 Å². The fraction of sp³-hybridized carbons (Fsp3) is 0.292. The van der Waals surface area contributed by atoms with Gasteiger partial charge in [0.15, 0.2) is 0 Å². The third kappa shape index (κ3) is 4.08. The first-order valence-corrected chi connectivity index (χ1v) is 9.99. The summed E-state index contributed by atoms with van der Waals surface area (Å²) in [5, 5.41) is 5.30. The van der Waals surface area contributed by atoms with Crippen molar-refractivity contribution >= 4 is 22.4 Å². The number of carbonyl (C=O) groups is 1. The fourth-order valence-electron chi connectivity index (χ4n) is 4.27. The zero-order valence-corrected chi connectivity index (χ0v) is 16.1. The van der Waals surface area contributed by atoms with Crippen LogP contribution in [0.4, 0.5) is 5.69 Å². The van der Waals surface area contributed by atoms with Gasteiger partial charge >= 0.3 is 0 Å². The molecule has 1 saturated heterocycles. The first-order chi connectivity index (χ1) is 13.7. The monoisotopic (exact) mass is 373 g/mol. The summed E-state index contributed by atoms with van der Waals surface area (Å²) < 4.78 is 0. The molecule has 1 fully saturated rings.